The van der Waals surface area contributed by atoms with Crippen molar-refractivity contribution in [1.29, 1.82) is 0 Å². The van der Waals surface area contributed by atoms with Crippen LogP contribution in [0.2, 0.25) is 0 Å². The molecule has 1 fully saturated rings. The molecule has 0 unspecified atom stereocenters. The molecule has 3 heterocycles. The highest BCUT2D eigenvalue weighted by Crippen LogP contribution is 2.33. The Morgan fingerprint density at radius 1 is 0.595 bits per heavy atom. The van der Waals surface area contributed by atoms with Gasteiger partial charge in [0, 0.05) is 48.3 Å². The summed E-state index contributed by atoms with van der Waals surface area (Å²) in [4.78, 5) is 5.11. The number of aromatic nitrogens is 2. The van der Waals surface area contributed by atoms with E-state index in [-0.39, 0.29) is 0 Å². The summed E-state index contributed by atoms with van der Waals surface area (Å²) in [6.07, 6.45) is 6.32. The molecule has 0 saturated carbocycles. The van der Waals surface area contributed by atoms with Crippen molar-refractivity contribution < 1.29 is 9.13 Å². The molecular formula is C32H42N8S2+2. The van der Waals surface area contributed by atoms with Crippen LogP contribution in [0, 0.1) is 27.7 Å². The van der Waals surface area contributed by atoms with Gasteiger partial charge in [-0.1, -0.05) is 0 Å². The summed E-state index contributed by atoms with van der Waals surface area (Å²) in [6, 6.07) is 8.97. The Labute approximate surface area is 257 Å². The van der Waals surface area contributed by atoms with Gasteiger partial charge in [-0.2, -0.15) is 0 Å². The van der Waals surface area contributed by atoms with Crippen LogP contribution in [-0.4, -0.2) is 26.2 Å². The highest BCUT2D eigenvalue weighted by molar-refractivity contribution is 7.13. The first-order chi connectivity index (χ1) is 20.4. The van der Waals surface area contributed by atoms with Crippen molar-refractivity contribution in [2.24, 2.45) is 20.5 Å². The Balaban J connectivity index is 1.25. The van der Waals surface area contributed by atoms with Gasteiger partial charge in [0.25, 0.3) is 0 Å². The lowest BCUT2D eigenvalue weighted by atomic mass is 10.0. The molecule has 0 N–H and O–H groups in total. The number of anilines is 2. The zero-order valence-corrected chi connectivity index (χ0v) is 27.3. The second-order valence-electron chi connectivity index (χ2n) is 10.9. The fraction of sp³-hybridized carbons (Fsp3) is 0.438. The van der Waals surface area contributed by atoms with Crippen LogP contribution in [0.15, 0.2) is 67.9 Å². The SMILES string of the molecule is CC[n+]1ccsc1N=Nc1cc(C)c(N2CCCN(c3cc(C)c(N=Nc4scc[n+]4CC)cc3C)CCC2)cc1C. The molecule has 1 saturated heterocycles. The third-order valence-corrected chi connectivity index (χ3v) is 9.48. The number of thiazole rings is 2. The Kier molecular flexibility index (Phi) is 9.74. The Morgan fingerprint density at radius 2 is 1.00 bits per heavy atom. The maximum absolute atomic E-state index is 4.61. The van der Waals surface area contributed by atoms with E-state index in [4.69, 9.17) is 0 Å². The number of nitrogens with zero attached hydrogens (tertiary/aromatic N) is 8. The lowest BCUT2D eigenvalue weighted by molar-refractivity contribution is -0.677. The van der Waals surface area contributed by atoms with Gasteiger partial charge in [-0.3, -0.25) is 0 Å². The predicted molar refractivity (Wildman–Crippen MR) is 174 cm³/mol. The van der Waals surface area contributed by atoms with E-state index >= 15 is 0 Å². The van der Waals surface area contributed by atoms with E-state index in [0.29, 0.717) is 0 Å². The van der Waals surface area contributed by atoms with Crippen molar-refractivity contribution >= 4 is 55.7 Å². The Hall–Kier alpha value is -3.50. The van der Waals surface area contributed by atoms with Crippen LogP contribution in [0.4, 0.5) is 33.0 Å². The highest BCUT2D eigenvalue weighted by Gasteiger charge is 2.19. The number of benzene rings is 2. The third kappa shape index (κ3) is 6.76. The number of hydrogen-bond donors (Lipinski definition) is 0. The van der Waals surface area contributed by atoms with Gasteiger partial charge >= 0.3 is 10.3 Å². The fourth-order valence-electron chi connectivity index (χ4n) is 5.51. The predicted octanol–water partition coefficient (Wildman–Crippen LogP) is 8.60. The fourth-order valence-corrected chi connectivity index (χ4v) is 6.99. The first kappa shape index (κ1) is 30.0. The summed E-state index contributed by atoms with van der Waals surface area (Å²) in [5.41, 5.74) is 9.35. The van der Waals surface area contributed by atoms with Gasteiger partial charge in [0.1, 0.15) is 23.8 Å². The van der Waals surface area contributed by atoms with Crippen molar-refractivity contribution in [3.8, 4) is 0 Å². The van der Waals surface area contributed by atoms with Gasteiger partial charge in [-0.25, -0.2) is 9.13 Å². The molecule has 0 amide bonds. The van der Waals surface area contributed by atoms with Gasteiger partial charge < -0.3 is 9.80 Å². The Morgan fingerprint density at radius 3 is 1.38 bits per heavy atom. The minimum atomic E-state index is 0.896. The molecule has 0 radical (unpaired) electrons. The highest BCUT2D eigenvalue weighted by atomic mass is 32.1. The van der Waals surface area contributed by atoms with Gasteiger partial charge in [0.05, 0.1) is 23.3 Å². The van der Waals surface area contributed by atoms with Gasteiger partial charge in [-0.05, 0) is 134 Å². The van der Waals surface area contributed by atoms with Crippen LogP contribution in [0.1, 0.15) is 48.9 Å². The number of azo groups is 2. The van der Waals surface area contributed by atoms with E-state index < -0.39 is 0 Å². The molecule has 2 aromatic heterocycles. The smallest absolute Gasteiger partial charge is 0.371 e. The molecule has 1 aliphatic rings. The van der Waals surface area contributed by atoms with Crippen molar-refractivity contribution in [2.45, 2.75) is 67.5 Å². The first-order valence-corrected chi connectivity index (χ1v) is 16.6. The molecule has 42 heavy (non-hydrogen) atoms. The van der Waals surface area contributed by atoms with Crippen LogP contribution >= 0.6 is 22.7 Å². The number of rotatable bonds is 8. The molecule has 220 valence electrons. The Bertz CT molecular complexity index is 1460. The lowest BCUT2D eigenvalue weighted by Crippen LogP contribution is -2.37. The standard InChI is InChI=1S/C32H42N8S2/c1-7-37-15-17-41-31(37)35-33-27-19-25(5)29(21-23(27)3)39-11-9-13-40(14-10-12-39)30-22-24(4)28(20-26(30)6)34-36-32-38(8-2)16-18-42-32/h15-22H,7-14H2,1-6H3/q+2. The molecule has 2 aromatic carbocycles. The summed E-state index contributed by atoms with van der Waals surface area (Å²) in [5, 5.41) is 24.3. The van der Waals surface area contributed by atoms with E-state index in [1.54, 1.807) is 22.7 Å². The summed E-state index contributed by atoms with van der Waals surface area (Å²) in [7, 11) is 0. The van der Waals surface area contributed by atoms with E-state index in [0.717, 1.165) is 84.9 Å². The summed E-state index contributed by atoms with van der Waals surface area (Å²) in [5.74, 6) is 0. The molecule has 0 bridgehead atoms. The maximum Gasteiger partial charge on any atom is 0.408 e. The van der Waals surface area contributed by atoms with Crippen molar-refractivity contribution in [2.75, 3.05) is 36.0 Å². The maximum atomic E-state index is 4.61. The molecule has 4 aromatic rings. The van der Waals surface area contributed by atoms with Crippen LogP contribution in [0.5, 0.6) is 0 Å². The van der Waals surface area contributed by atoms with Crippen molar-refractivity contribution in [3.05, 3.63) is 69.7 Å². The van der Waals surface area contributed by atoms with Crippen molar-refractivity contribution in [1.82, 2.24) is 0 Å². The van der Waals surface area contributed by atoms with E-state index in [2.05, 4.69) is 128 Å². The minimum absolute atomic E-state index is 0.896. The number of aryl methyl sites for hydroxylation is 6. The van der Waals surface area contributed by atoms with E-state index in [1.165, 1.54) is 22.5 Å². The molecule has 1 aliphatic heterocycles. The molecule has 0 aliphatic carbocycles. The molecule has 0 spiro atoms. The van der Waals surface area contributed by atoms with E-state index in [9.17, 15) is 0 Å². The summed E-state index contributed by atoms with van der Waals surface area (Å²) < 4.78 is 4.23. The summed E-state index contributed by atoms with van der Waals surface area (Å²) >= 11 is 3.24. The van der Waals surface area contributed by atoms with Gasteiger partial charge in [0.2, 0.25) is 0 Å². The monoisotopic (exact) mass is 602 g/mol. The lowest BCUT2D eigenvalue weighted by Gasteiger charge is -2.34. The molecular weight excluding hydrogens is 561 g/mol. The van der Waals surface area contributed by atoms with Crippen LogP contribution < -0.4 is 18.9 Å². The normalized spacial score (nSPS) is 14.7. The number of hydrogen-bond acceptors (Lipinski definition) is 8. The minimum Gasteiger partial charge on any atom is -0.371 e. The quantitative estimate of drug-likeness (QED) is 0.150. The molecule has 8 nitrogen and oxygen atoms in total. The summed E-state index contributed by atoms with van der Waals surface area (Å²) in [6.45, 7) is 18.8. The second-order valence-corrected chi connectivity index (χ2v) is 12.6. The topological polar surface area (TPSA) is 63.7 Å². The molecule has 10 heteroatoms. The largest absolute Gasteiger partial charge is 0.408 e. The van der Waals surface area contributed by atoms with Crippen LogP contribution in [-0.2, 0) is 13.1 Å². The molecule has 5 rings (SSSR count). The van der Waals surface area contributed by atoms with Crippen LogP contribution in [0.3, 0.4) is 0 Å². The zero-order chi connectivity index (χ0) is 29.6. The van der Waals surface area contributed by atoms with E-state index in [1.807, 2.05) is 0 Å². The van der Waals surface area contributed by atoms with Gasteiger partial charge in [-0.15, -0.1) is 0 Å². The average Bonchev–Trinajstić information content (AvgIpc) is 3.63. The van der Waals surface area contributed by atoms with Crippen molar-refractivity contribution in [3.63, 3.8) is 0 Å². The van der Waals surface area contributed by atoms with Crippen LogP contribution in [0.25, 0.3) is 0 Å². The zero-order valence-electron chi connectivity index (χ0n) is 25.7. The molecule has 0 atom stereocenters. The second kappa shape index (κ2) is 13.6. The third-order valence-electron chi connectivity index (χ3n) is 7.91. The first-order valence-electron chi connectivity index (χ1n) is 14.9. The average molecular weight is 603 g/mol. The van der Waals surface area contributed by atoms with Gasteiger partial charge in [0.15, 0.2) is 0 Å².